The fourth-order valence-electron chi connectivity index (χ4n) is 0.779. The van der Waals surface area contributed by atoms with Crippen molar-refractivity contribution in [3.8, 4) is 0 Å². The van der Waals surface area contributed by atoms with Gasteiger partial charge in [0.15, 0.2) is 0 Å². The fraction of sp³-hybridized carbons (Fsp3) is 0.667. The first kappa shape index (κ1) is 11.2. The van der Waals surface area contributed by atoms with Crippen LogP contribution >= 0.6 is 0 Å². The number of esters is 1. The number of carbonyl (C=O) groups is 1. The van der Waals surface area contributed by atoms with Crippen LogP contribution in [-0.4, -0.2) is 24.3 Å². The van der Waals surface area contributed by atoms with E-state index >= 15 is 0 Å². The van der Waals surface area contributed by atoms with E-state index in [4.69, 9.17) is 5.11 Å². The van der Waals surface area contributed by atoms with Gasteiger partial charge in [0, 0.05) is 6.08 Å². The molecule has 3 heteroatoms. The number of hydrogen-bond acceptors (Lipinski definition) is 3. The first-order chi connectivity index (χ1) is 5.66. The zero-order chi connectivity index (χ0) is 9.40. The maximum absolute atomic E-state index is 10.6. The van der Waals surface area contributed by atoms with Gasteiger partial charge in [-0.1, -0.05) is 6.08 Å². The summed E-state index contributed by atoms with van der Waals surface area (Å²) in [6.07, 6.45) is 5.38. The van der Waals surface area contributed by atoms with Gasteiger partial charge in [-0.3, -0.25) is 0 Å². The molecular weight excluding hydrogens is 156 g/mol. The molecule has 0 aliphatic rings. The minimum Gasteiger partial charge on any atom is -0.466 e. The van der Waals surface area contributed by atoms with Gasteiger partial charge in [-0.05, 0) is 26.2 Å². The van der Waals surface area contributed by atoms with Crippen molar-refractivity contribution >= 4 is 5.97 Å². The SMILES string of the molecule is COC(=O)/C=C/CCCC(C)O. The lowest BCUT2D eigenvalue weighted by molar-refractivity contribution is -0.134. The molecule has 0 aliphatic carbocycles. The molecule has 0 heterocycles. The van der Waals surface area contributed by atoms with Gasteiger partial charge in [0.25, 0.3) is 0 Å². The zero-order valence-electron chi connectivity index (χ0n) is 7.62. The second kappa shape index (κ2) is 6.85. The van der Waals surface area contributed by atoms with Crippen LogP contribution in [0.15, 0.2) is 12.2 Å². The van der Waals surface area contributed by atoms with Gasteiger partial charge in [0.1, 0.15) is 0 Å². The van der Waals surface area contributed by atoms with E-state index in [0.717, 1.165) is 19.3 Å². The first-order valence-electron chi connectivity index (χ1n) is 4.09. The maximum atomic E-state index is 10.6. The van der Waals surface area contributed by atoms with Crippen molar-refractivity contribution in [2.45, 2.75) is 32.3 Å². The largest absolute Gasteiger partial charge is 0.466 e. The molecule has 3 nitrogen and oxygen atoms in total. The van der Waals surface area contributed by atoms with Crippen LogP contribution in [0.3, 0.4) is 0 Å². The molecule has 0 fully saturated rings. The third-order valence-electron chi connectivity index (χ3n) is 1.45. The topological polar surface area (TPSA) is 46.5 Å². The number of allylic oxidation sites excluding steroid dienone is 1. The summed E-state index contributed by atoms with van der Waals surface area (Å²) in [5.41, 5.74) is 0. The smallest absolute Gasteiger partial charge is 0.330 e. The maximum Gasteiger partial charge on any atom is 0.330 e. The molecule has 0 aromatic rings. The highest BCUT2D eigenvalue weighted by molar-refractivity contribution is 5.81. The van der Waals surface area contributed by atoms with Crippen LogP contribution in [0, 0.1) is 0 Å². The molecule has 0 amide bonds. The minimum absolute atomic E-state index is 0.253. The summed E-state index contributed by atoms with van der Waals surface area (Å²) in [7, 11) is 1.35. The van der Waals surface area contributed by atoms with E-state index in [1.165, 1.54) is 13.2 Å². The van der Waals surface area contributed by atoms with E-state index in [1.807, 2.05) is 0 Å². The highest BCUT2D eigenvalue weighted by atomic mass is 16.5. The van der Waals surface area contributed by atoms with Crippen molar-refractivity contribution in [3.05, 3.63) is 12.2 Å². The van der Waals surface area contributed by atoms with Crippen LogP contribution < -0.4 is 0 Å². The summed E-state index contributed by atoms with van der Waals surface area (Å²) in [4.78, 5) is 10.6. The number of methoxy groups -OCH3 is 1. The Morgan fingerprint density at radius 3 is 2.83 bits per heavy atom. The Hall–Kier alpha value is -0.830. The second-order valence-electron chi connectivity index (χ2n) is 2.71. The Labute approximate surface area is 73.0 Å². The van der Waals surface area contributed by atoms with Gasteiger partial charge < -0.3 is 9.84 Å². The normalized spacial score (nSPS) is 13.2. The molecule has 0 aromatic carbocycles. The molecule has 0 spiro atoms. The molecule has 1 N–H and O–H groups in total. The van der Waals surface area contributed by atoms with Crippen LogP contribution in [0.25, 0.3) is 0 Å². The van der Waals surface area contributed by atoms with Crippen LogP contribution in [0.1, 0.15) is 26.2 Å². The monoisotopic (exact) mass is 172 g/mol. The molecule has 0 saturated carbocycles. The fourth-order valence-corrected chi connectivity index (χ4v) is 0.779. The van der Waals surface area contributed by atoms with Crippen LogP contribution in [0.2, 0.25) is 0 Å². The first-order valence-corrected chi connectivity index (χ1v) is 4.09. The number of rotatable bonds is 5. The van der Waals surface area contributed by atoms with E-state index < -0.39 is 0 Å². The molecule has 0 radical (unpaired) electrons. The van der Waals surface area contributed by atoms with Crippen molar-refractivity contribution in [2.24, 2.45) is 0 Å². The van der Waals surface area contributed by atoms with Crippen molar-refractivity contribution < 1.29 is 14.6 Å². The molecule has 12 heavy (non-hydrogen) atoms. The van der Waals surface area contributed by atoms with E-state index in [1.54, 1.807) is 13.0 Å². The predicted molar refractivity (Wildman–Crippen MR) is 46.7 cm³/mol. The number of hydrogen-bond donors (Lipinski definition) is 1. The second-order valence-corrected chi connectivity index (χ2v) is 2.71. The van der Waals surface area contributed by atoms with Crippen LogP contribution in [-0.2, 0) is 9.53 Å². The quantitative estimate of drug-likeness (QED) is 0.386. The average molecular weight is 172 g/mol. The summed E-state index contributed by atoms with van der Waals surface area (Å²) in [6.45, 7) is 1.75. The molecule has 0 aliphatic heterocycles. The van der Waals surface area contributed by atoms with E-state index in [-0.39, 0.29) is 12.1 Å². The standard InChI is InChI=1S/C9H16O3/c1-8(10)6-4-3-5-7-9(11)12-2/h5,7-8,10H,3-4,6H2,1-2H3/b7-5+. The van der Waals surface area contributed by atoms with Gasteiger partial charge in [-0.25, -0.2) is 4.79 Å². The number of ether oxygens (including phenoxy) is 1. The van der Waals surface area contributed by atoms with Gasteiger partial charge in [0.05, 0.1) is 13.2 Å². The third-order valence-corrected chi connectivity index (χ3v) is 1.45. The van der Waals surface area contributed by atoms with E-state index in [9.17, 15) is 4.79 Å². The average Bonchev–Trinajstić information content (AvgIpc) is 2.03. The van der Waals surface area contributed by atoms with Gasteiger partial charge in [-0.2, -0.15) is 0 Å². The van der Waals surface area contributed by atoms with Gasteiger partial charge >= 0.3 is 5.97 Å². The molecule has 0 rings (SSSR count). The molecule has 1 unspecified atom stereocenters. The number of aliphatic hydroxyl groups is 1. The Kier molecular flexibility index (Phi) is 6.38. The molecule has 70 valence electrons. The zero-order valence-corrected chi connectivity index (χ0v) is 7.62. The molecular formula is C9H16O3. The summed E-state index contributed by atoms with van der Waals surface area (Å²) in [6, 6.07) is 0. The Morgan fingerprint density at radius 1 is 1.67 bits per heavy atom. The summed E-state index contributed by atoms with van der Waals surface area (Å²) in [5.74, 6) is -0.327. The minimum atomic E-state index is -0.327. The van der Waals surface area contributed by atoms with Crippen molar-refractivity contribution in [3.63, 3.8) is 0 Å². The van der Waals surface area contributed by atoms with Crippen molar-refractivity contribution in [2.75, 3.05) is 7.11 Å². The summed E-state index contributed by atoms with van der Waals surface area (Å²) in [5, 5.41) is 8.89. The lowest BCUT2D eigenvalue weighted by Gasteiger charge is -1.99. The Balaban J connectivity index is 3.30. The van der Waals surface area contributed by atoms with Gasteiger partial charge in [0.2, 0.25) is 0 Å². The van der Waals surface area contributed by atoms with Crippen molar-refractivity contribution in [1.29, 1.82) is 0 Å². The molecule has 0 aromatic heterocycles. The van der Waals surface area contributed by atoms with Crippen molar-refractivity contribution in [1.82, 2.24) is 0 Å². The Morgan fingerprint density at radius 2 is 2.33 bits per heavy atom. The lowest BCUT2D eigenvalue weighted by atomic mass is 10.2. The summed E-state index contributed by atoms with van der Waals surface area (Å²) >= 11 is 0. The predicted octanol–water partition coefficient (Wildman–Crippen LogP) is 1.27. The van der Waals surface area contributed by atoms with E-state index in [2.05, 4.69) is 4.74 Å². The summed E-state index contributed by atoms with van der Waals surface area (Å²) < 4.78 is 4.40. The number of aliphatic hydroxyl groups excluding tert-OH is 1. The van der Waals surface area contributed by atoms with E-state index in [0.29, 0.717) is 0 Å². The molecule has 0 saturated heterocycles. The highest BCUT2D eigenvalue weighted by Gasteiger charge is 1.93. The van der Waals surface area contributed by atoms with Crippen LogP contribution in [0.4, 0.5) is 0 Å². The molecule has 1 atom stereocenters. The van der Waals surface area contributed by atoms with Crippen LogP contribution in [0.5, 0.6) is 0 Å². The highest BCUT2D eigenvalue weighted by Crippen LogP contribution is 2.00. The van der Waals surface area contributed by atoms with Gasteiger partial charge in [-0.15, -0.1) is 0 Å². The number of unbranched alkanes of at least 4 members (excludes halogenated alkanes) is 1. The third kappa shape index (κ3) is 7.28. The number of carbonyl (C=O) groups excluding carboxylic acids is 1. The Bertz CT molecular complexity index is 150. The molecule has 0 bridgehead atoms. The lowest BCUT2D eigenvalue weighted by Crippen LogP contribution is -1.98.